The molecular weight excluding hydrogens is 703 g/mol. The van der Waals surface area contributed by atoms with Crippen LogP contribution in [0.4, 0.5) is 5.69 Å². The van der Waals surface area contributed by atoms with Gasteiger partial charge in [-0.25, -0.2) is 0 Å². The molecule has 1 saturated carbocycles. The van der Waals surface area contributed by atoms with Gasteiger partial charge >= 0.3 is 0 Å². The van der Waals surface area contributed by atoms with Crippen molar-refractivity contribution in [1.82, 2.24) is 0 Å². The zero-order valence-corrected chi connectivity index (χ0v) is 30.5. The molecule has 8 heteroatoms. The second-order valence-electron chi connectivity index (χ2n) is 15.0. The Bertz CT molecular complexity index is 2490. The summed E-state index contributed by atoms with van der Waals surface area (Å²) in [6, 6.07) is 38.9. The normalized spacial score (nSPS) is 25.4. The molecule has 276 valence electrons. The highest BCUT2D eigenvalue weighted by atomic mass is 16.5. The highest BCUT2D eigenvalue weighted by molar-refractivity contribution is 6.32. The fourth-order valence-electron chi connectivity index (χ4n) is 9.91. The van der Waals surface area contributed by atoms with Gasteiger partial charge in [0.05, 0.1) is 30.0 Å². The zero-order chi connectivity index (χ0) is 38.7. The number of carbonyl (C=O) groups is 5. The van der Waals surface area contributed by atoms with E-state index in [9.17, 15) is 19.5 Å². The third-order valence-corrected chi connectivity index (χ3v) is 12.3. The van der Waals surface area contributed by atoms with Crippen molar-refractivity contribution in [1.29, 1.82) is 0 Å². The molecule has 9 rings (SSSR count). The highest BCUT2D eigenvalue weighted by Gasteiger charge is 2.66. The van der Waals surface area contributed by atoms with E-state index in [0.29, 0.717) is 39.1 Å². The lowest BCUT2D eigenvalue weighted by molar-refractivity contribution is -0.135. The second kappa shape index (κ2) is 13.6. The van der Waals surface area contributed by atoms with Crippen LogP contribution < -0.4 is 9.64 Å². The molecule has 1 N–H and O–H groups in total. The van der Waals surface area contributed by atoms with E-state index >= 15 is 9.59 Å². The highest BCUT2D eigenvalue weighted by Crippen LogP contribution is 2.64. The smallest absolute Gasteiger partial charge is 0.238 e. The predicted molar refractivity (Wildman–Crippen MR) is 210 cm³/mol. The Morgan fingerprint density at radius 2 is 1.39 bits per heavy atom. The number of amides is 2. The molecule has 2 amide bonds. The molecular formula is C48H37NO7. The molecule has 8 nitrogen and oxygen atoms in total. The van der Waals surface area contributed by atoms with Gasteiger partial charge in [0.25, 0.3) is 0 Å². The quantitative estimate of drug-likeness (QED) is 0.104. The van der Waals surface area contributed by atoms with Crippen LogP contribution in [0.25, 0.3) is 5.57 Å². The number of anilines is 1. The fraction of sp³-hybridized carbons (Fsp3) is 0.188. The molecule has 0 unspecified atom stereocenters. The number of methoxy groups -OCH3 is 1. The summed E-state index contributed by atoms with van der Waals surface area (Å²) < 4.78 is 5.39. The Kier molecular flexibility index (Phi) is 8.49. The first kappa shape index (κ1) is 35.1. The number of imide groups is 1. The van der Waals surface area contributed by atoms with E-state index in [0.717, 1.165) is 5.57 Å². The van der Waals surface area contributed by atoms with E-state index < -0.39 is 35.0 Å². The Hall–Kier alpha value is -6.67. The Morgan fingerprint density at radius 3 is 2.05 bits per heavy atom. The fourth-order valence-corrected chi connectivity index (χ4v) is 9.91. The number of rotatable bonds is 7. The maximum absolute atomic E-state index is 15.2. The number of hydrogen-bond acceptors (Lipinski definition) is 7. The molecule has 1 aliphatic heterocycles. The summed E-state index contributed by atoms with van der Waals surface area (Å²) in [6.45, 7) is 0. The molecule has 5 aromatic carbocycles. The number of ketones is 3. The average Bonchev–Trinajstić information content (AvgIpc) is 3.50. The van der Waals surface area contributed by atoms with Crippen molar-refractivity contribution in [2.45, 2.75) is 24.2 Å². The van der Waals surface area contributed by atoms with E-state index in [1.807, 2.05) is 72.8 Å². The van der Waals surface area contributed by atoms with Crippen LogP contribution in [-0.4, -0.2) is 41.4 Å². The van der Waals surface area contributed by atoms with Gasteiger partial charge in [0.2, 0.25) is 11.8 Å². The largest absolute Gasteiger partial charge is 0.504 e. The maximum Gasteiger partial charge on any atom is 0.238 e. The summed E-state index contributed by atoms with van der Waals surface area (Å²) in [5.74, 6) is -4.95. The van der Waals surface area contributed by atoms with E-state index in [4.69, 9.17) is 4.74 Å². The number of aromatic hydroxyl groups is 1. The maximum atomic E-state index is 15.2. The van der Waals surface area contributed by atoms with E-state index in [1.165, 1.54) is 18.1 Å². The first-order valence-corrected chi connectivity index (χ1v) is 18.8. The van der Waals surface area contributed by atoms with Crippen molar-refractivity contribution in [3.63, 3.8) is 0 Å². The molecule has 2 fully saturated rings. The number of fused-ring (bicyclic) bond motifs is 4. The van der Waals surface area contributed by atoms with Crippen LogP contribution in [0, 0.1) is 23.7 Å². The first-order valence-electron chi connectivity index (χ1n) is 18.8. The topological polar surface area (TPSA) is 118 Å². The molecule has 1 saturated heterocycles. The van der Waals surface area contributed by atoms with Crippen LogP contribution in [0.15, 0.2) is 151 Å². The lowest BCUT2D eigenvalue weighted by Crippen LogP contribution is -2.58. The number of phenols is 1. The molecule has 0 bridgehead atoms. The SMILES string of the molecule is COc1ccc([C@H]2C3=CC[C@@H]4C(=O)N(c5ccc(C(=O)c6ccccc6)cc5)C(=O)[C@@H]4[C@@H]3C[C@H]3C(=O)C(c4ccccc4)=CC(=O)[C@@]23c2ccccc2)cc1O. The molecule has 6 atom stereocenters. The van der Waals surface area contributed by atoms with Crippen molar-refractivity contribution in [3.8, 4) is 11.5 Å². The Balaban J connectivity index is 1.18. The van der Waals surface area contributed by atoms with Gasteiger partial charge < -0.3 is 9.84 Å². The summed E-state index contributed by atoms with van der Waals surface area (Å²) in [7, 11) is 1.46. The molecule has 4 aliphatic rings. The van der Waals surface area contributed by atoms with Crippen molar-refractivity contribution in [2.24, 2.45) is 23.7 Å². The summed E-state index contributed by atoms with van der Waals surface area (Å²) in [5, 5.41) is 11.1. The lowest BCUT2D eigenvalue weighted by Gasteiger charge is -2.55. The third-order valence-electron chi connectivity index (χ3n) is 12.3. The number of ether oxygens (including phenoxy) is 1. The summed E-state index contributed by atoms with van der Waals surface area (Å²) in [4.78, 5) is 73.7. The second-order valence-corrected chi connectivity index (χ2v) is 15.0. The minimum absolute atomic E-state index is 0.122. The number of carbonyl (C=O) groups excluding carboxylic acids is 5. The van der Waals surface area contributed by atoms with Crippen molar-refractivity contribution >= 4 is 40.4 Å². The summed E-state index contributed by atoms with van der Waals surface area (Å²) in [6.07, 6.45) is 3.88. The van der Waals surface area contributed by atoms with Crippen LogP contribution in [0.2, 0.25) is 0 Å². The standard InChI is InChI=1S/C48H37NO7/c1-56-40-24-19-31(25-39(40)50)43-34-22-23-35-42(47(55)49(46(35)54)33-20-17-30(18-21-33)44(52)29-13-7-3-8-14-29)37(34)26-38-45(53)36(28-11-5-2-6-12-28)27-41(51)48(38,43)32-15-9-4-10-16-32/h2-22,24-25,27,35,37-38,42-43,50H,23,26H2,1H3/t35-,37+,38-,42-,43-,48-/m0/s1. The van der Waals surface area contributed by atoms with Gasteiger partial charge in [0.1, 0.15) is 0 Å². The lowest BCUT2D eigenvalue weighted by atomic mass is 9.44. The van der Waals surface area contributed by atoms with Crippen molar-refractivity contribution in [2.75, 3.05) is 12.0 Å². The monoisotopic (exact) mass is 739 g/mol. The molecule has 5 aromatic rings. The van der Waals surface area contributed by atoms with Crippen LogP contribution in [-0.2, 0) is 24.6 Å². The van der Waals surface area contributed by atoms with E-state index in [2.05, 4.69) is 0 Å². The number of allylic oxidation sites excluding steroid dienone is 4. The number of phenolic OH excluding ortho intramolecular Hbond substituents is 1. The minimum atomic E-state index is -1.42. The summed E-state index contributed by atoms with van der Waals surface area (Å²) >= 11 is 0. The number of hydrogen-bond donors (Lipinski definition) is 1. The van der Waals surface area contributed by atoms with Gasteiger partial charge in [-0.3, -0.25) is 28.9 Å². The number of Topliss-reactive ketones (excluding diaryl/α,β-unsaturated/α-hetero) is 1. The molecule has 0 aromatic heterocycles. The molecule has 0 spiro atoms. The Labute approximate surface area is 323 Å². The first-order chi connectivity index (χ1) is 27.2. The number of nitrogens with zero attached hydrogens (tertiary/aromatic N) is 1. The van der Waals surface area contributed by atoms with Gasteiger partial charge in [-0.05, 0) is 77.9 Å². The summed E-state index contributed by atoms with van der Waals surface area (Å²) in [5.41, 5.74) is 2.89. The van der Waals surface area contributed by atoms with Gasteiger partial charge in [-0.1, -0.05) is 109 Å². The van der Waals surface area contributed by atoms with Gasteiger partial charge in [0, 0.05) is 28.5 Å². The molecule has 3 aliphatic carbocycles. The van der Waals surface area contributed by atoms with Crippen LogP contribution >= 0.6 is 0 Å². The van der Waals surface area contributed by atoms with Gasteiger partial charge in [0.15, 0.2) is 28.8 Å². The minimum Gasteiger partial charge on any atom is -0.504 e. The predicted octanol–water partition coefficient (Wildman–Crippen LogP) is 7.66. The van der Waals surface area contributed by atoms with E-state index in [-0.39, 0.29) is 53.5 Å². The molecule has 56 heavy (non-hydrogen) atoms. The molecule has 0 radical (unpaired) electrons. The number of benzene rings is 5. The van der Waals surface area contributed by atoms with Gasteiger partial charge in [-0.15, -0.1) is 0 Å². The van der Waals surface area contributed by atoms with Crippen LogP contribution in [0.5, 0.6) is 11.5 Å². The van der Waals surface area contributed by atoms with Gasteiger partial charge in [-0.2, -0.15) is 0 Å². The molecule has 1 heterocycles. The van der Waals surface area contributed by atoms with E-state index in [1.54, 1.807) is 66.7 Å². The Morgan fingerprint density at radius 1 is 0.750 bits per heavy atom. The zero-order valence-electron chi connectivity index (χ0n) is 30.5. The van der Waals surface area contributed by atoms with Crippen molar-refractivity contribution < 1.29 is 33.8 Å². The van der Waals surface area contributed by atoms with Crippen LogP contribution in [0.1, 0.15) is 51.4 Å². The van der Waals surface area contributed by atoms with Crippen LogP contribution in [0.3, 0.4) is 0 Å². The third kappa shape index (κ3) is 5.23. The average molecular weight is 740 g/mol. The van der Waals surface area contributed by atoms with Crippen molar-refractivity contribution in [3.05, 3.63) is 179 Å².